The quantitative estimate of drug-likeness (QED) is 0.450. The van der Waals surface area contributed by atoms with E-state index in [2.05, 4.69) is 24.4 Å². The molecule has 0 fully saturated rings. The third-order valence-electron chi connectivity index (χ3n) is 2.52. The molecule has 1 aromatic rings. The van der Waals surface area contributed by atoms with Crippen LogP contribution in [0.1, 0.15) is 22.3 Å². The monoisotopic (exact) mass is 266 g/mol. The van der Waals surface area contributed by atoms with E-state index < -0.39 is 8.32 Å². The number of benzene rings is 1. The van der Waals surface area contributed by atoms with Gasteiger partial charge in [-0.05, 0) is 50.2 Å². The molecule has 0 saturated carbocycles. The van der Waals surface area contributed by atoms with E-state index in [0.29, 0.717) is 5.56 Å². The first-order valence-corrected chi connectivity index (χ1v) is 9.64. The zero-order valence-electron chi connectivity index (χ0n) is 11.7. The van der Waals surface area contributed by atoms with Gasteiger partial charge in [-0.2, -0.15) is 0 Å². The zero-order valence-corrected chi connectivity index (χ0v) is 12.7. The van der Waals surface area contributed by atoms with E-state index >= 15 is 0 Å². The van der Waals surface area contributed by atoms with Crippen LogP contribution in [0.4, 0.5) is 0 Å². The Morgan fingerprint density at radius 1 is 1.17 bits per heavy atom. The van der Waals surface area contributed by atoms with E-state index in [9.17, 15) is 4.79 Å². The molecular weight excluding hydrogens is 244 g/mol. The summed E-state index contributed by atoms with van der Waals surface area (Å²) in [5, 5.41) is 0. The van der Waals surface area contributed by atoms with Crippen molar-refractivity contribution in [2.75, 3.05) is 13.7 Å². The summed E-state index contributed by atoms with van der Waals surface area (Å²) >= 11 is 0. The molecule has 3 nitrogen and oxygen atoms in total. The standard InChI is InChI=1S/C14H22O3Si/c1-16-14(15)13-9-7-12(8-10-13)6-5-11-17-18(2,3)4/h7-10H,5-6,11H2,1-4H3. The molecule has 0 amide bonds. The van der Waals surface area contributed by atoms with Gasteiger partial charge in [-0.3, -0.25) is 0 Å². The van der Waals surface area contributed by atoms with E-state index in [4.69, 9.17) is 4.43 Å². The average Bonchev–Trinajstić information content (AvgIpc) is 2.33. The van der Waals surface area contributed by atoms with Crippen LogP contribution in [0.25, 0.3) is 0 Å². The van der Waals surface area contributed by atoms with Crippen LogP contribution in [0, 0.1) is 0 Å². The summed E-state index contributed by atoms with van der Waals surface area (Å²) in [5.74, 6) is -0.288. The molecule has 0 N–H and O–H groups in total. The smallest absolute Gasteiger partial charge is 0.337 e. The Labute approximate surface area is 110 Å². The lowest BCUT2D eigenvalue weighted by atomic mass is 10.1. The van der Waals surface area contributed by atoms with E-state index in [0.717, 1.165) is 19.4 Å². The van der Waals surface area contributed by atoms with Gasteiger partial charge in [-0.15, -0.1) is 0 Å². The highest BCUT2D eigenvalue weighted by Gasteiger charge is 2.13. The van der Waals surface area contributed by atoms with Gasteiger partial charge in [0.25, 0.3) is 0 Å². The second-order valence-electron chi connectivity index (χ2n) is 5.25. The number of carbonyl (C=O) groups excluding carboxylic acids is 1. The number of methoxy groups -OCH3 is 1. The molecule has 0 aliphatic carbocycles. The summed E-state index contributed by atoms with van der Waals surface area (Å²) < 4.78 is 10.5. The normalized spacial score (nSPS) is 11.3. The van der Waals surface area contributed by atoms with Crippen molar-refractivity contribution in [2.24, 2.45) is 0 Å². The van der Waals surface area contributed by atoms with Crippen LogP contribution < -0.4 is 0 Å². The minimum absolute atomic E-state index is 0.288. The first-order valence-electron chi connectivity index (χ1n) is 6.23. The summed E-state index contributed by atoms with van der Waals surface area (Å²) in [4.78, 5) is 11.3. The third-order valence-corrected chi connectivity index (χ3v) is 3.59. The summed E-state index contributed by atoms with van der Waals surface area (Å²) in [6, 6.07) is 7.56. The van der Waals surface area contributed by atoms with Crippen LogP contribution >= 0.6 is 0 Å². The number of hydrogen-bond donors (Lipinski definition) is 0. The van der Waals surface area contributed by atoms with Crippen LogP contribution in [0.15, 0.2) is 24.3 Å². The van der Waals surface area contributed by atoms with Crippen molar-refractivity contribution in [1.29, 1.82) is 0 Å². The zero-order chi connectivity index (χ0) is 13.6. The average molecular weight is 266 g/mol. The molecule has 0 atom stereocenters. The van der Waals surface area contributed by atoms with E-state index in [1.165, 1.54) is 12.7 Å². The molecule has 0 bridgehead atoms. The van der Waals surface area contributed by atoms with Gasteiger partial charge in [0, 0.05) is 6.61 Å². The molecule has 0 aliphatic rings. The number of ether oxygens (including phenoxy) is 1. The second kappa shape index (κ2) is 6.71. The molecule has 0 aliphatic heterocycles. The molecule has 0 saturated heterocycles. The molecule has 0 heterocycles. The largest absolute Gasteiger partial charge is 0.465 e. The van der Waals surface area contributed by atoms with Crippen molar-refractivity contribution in [1.82, 2.24) is 0 Å². The van der Waals surface area contributed by atoms with Gasteiger partial charge in [0.1, 0.15) is 0 Å². The maximum atomic E-state index is 11.3. The lowest BCUT2D eigenvalue weighted by molar-refractivity contribution is 0.0600. The number of carbonyl (C=O) groups is 1. The SMILES string of the molecule is COC(=O)c1ccc(CCCO[Si](C)(C)C)cc1. The molecule has 0 radical (unpaired) electrons. The van der Waals surface area contributed by atoms with Crippen molar-refractivity contribution in [3.8, 4) is 0 Å². The number of aryl methyl sites for hydroxylation is 1. The Kier molecular flexibility index (Phi) is 5.56. The molecule has 0 unspecified atom stereocenters. The van der Waals surface area contributed by atoms with Crippen molar-refractivity contribution in [3.05, 3.63) is 35.4 Å². The summed E-state index contributed by atoms with van der Waals surface area (Å²) in [6.45, 7) is 7.39. The maximum absolute atomic E-state index is 11.3. The van der Waals surface area contributed by atoms with Gasteiger partial charge in [0.05, 0.1) is 12.7 Å². The fraction of sp³-hybridized carbons (Fsp3) is 0.500. The Hall–Kier alpha value is -1.13. The van der Waals surface area contributed by atoms with Crippen LogP contribution in [0.2, 0.25) is 19.6 Å². The molecule has 4 heteroatoms. The minimum Gasteiger partial charge on any atom is -0.465 e. The first kappa shape index (κ1) is 14.9. The van der Waals surface area contributed by atoms with Gasteiger partial charge in [-0.1, -0.05) is 12.1 Å². The molecule has 1 aromatic carbocycles. The molecule has 1 rings (SSSR count). The Balaban J connectivity index is 2.38. The van der Waals surface area contributed by atoms with E-state index in [-0.39, 0.29) is 5.97 Å². The van der Waals surface area contributed by atoms with Gasteiger partial charge in [-0.25, -0.2) is 4.79 Å². The minimum atomic E-state index is -1.39. The molecule has 18 heavy (non-hydrogen) atoms. The second-order valence-corrected chi connectivity index (χ2v) is 9.77. The molecule has 0 spiro atoms. The van der Waals surface area contributed by atoms with Crippen LogP contribution in [-0.4, -0.2) is 28.0 Å². The van der Waals surface area contributed by atoms with E-state index in [1.807, 2.05) is 12.1 Å². The fourth-order valence-electron chi connectivity index (χ4n) is 1.58. The predicted octanol–water partition coefficient (Wildman–Crippen LogP) is 3.26. The molecule has 100 valence electrons. The van der Waals surface area contributed by atoms with Gasteiger partial charge >= 0.3 is 5.97 Å². The predicted molar refractivity (Wildman–Crippen MR) is 75.4 cm³/mol. The van der Waals surface area contributed by atoms with Crippen LogP contribution in [-0.2, 0) is 15.6 Å². The van der Waals surface area contributed by atoms with Crippen molar-refractivity contribution in [2.45, 2.75) is 32.5 Å². The van der Waals surface area contributed by atoms with Crippen molar-refractivity contribution < 1.29 is 14.0 Å². The third kappa shape index (κ3) is 5.47. The number of esters is 1. The van der Waals surface area contributed by atoms with Crippen molar-refractivity contribution in [3.63, 3.8) is 0 Å². The topological polar surface area (TPSA) is 35.5 Å². The first-order chi connectivity index (χ1) is 8.42. The summed E-state index contributed by atoms with van der Waals surface area (Å²) in [7, 11) is 0.00746. The Bertz CT molecular complexity index is 379. The number of hydrogen-bond acceptors (Lipinski definition) is 3. The van der Waals surface area contributed by atoms with Crippen LogP contribution in [0.5, 0.6) is 0 Å². The number of rotatable bonds is 6. The van der Waals surface area contributed by atoms with Gasteiger partial charge in [0.2, 0.25) is 0 Å². The highest BCUT2D eigenvalue weighted by molar-refractivity contribution is 6.69. The highest BCUT2D eigenvalue weighted by atomic mass is 28.4. The Morgan fingerprint density at radius 3 is 2.28 bits per heavy atom. The highest BCUT2D eigenvalue weighted by Crippen LogP contribution is 2.09. The fourth-order valence-corrected chi connectivity index (χ4v) is 2.34. The lowest BCUT2D eigenvalue weighted by Crippen LogP contribution is -2.25. The van der Waals surface area contributed by atoms with E-state index in [1.54, 1.807) is 12.1 Å². The summed E-state index contributed by atoms with van der Waals surface area (Å²) in [6.07, 6.45) is 1.99. The lowest BCUT2D eigenvalue weighted by Gasteiger charge is -2.16. The molecular formula is C14H22O3Si. The summed E-state index contributed by atoms with van der Waals surface area (Å²) in [5.41, 5.74) is 1.82. The van der Waals surface area contributed by atoms with Crippen molar-refractivity contribution >= 4 is 14.3 Å². The van der Waals surface area contributed by atoms with Crippen LogP contribution in [0.3, 0.4) is 0 Å². The maximum Gasteiger partial charge on any atom is 0.337 e. The molecule has 0 aromatic heterocycles. The Morgan fingerprint density at radius 2 is 1.78 bits per heavy atom. The van der Waals surface area contributed by atoms with Gasteiger partial charge in [0.15, 0.2) is 8.32 Å². The van der Waals surface area contributed by atoms with Gasteiger partial charge < -0.3 is 9.16 Å².